The molecule has 0 bridgehead atoms. The van der Waals surface area contributed by atoms with Gasteiger partial charge in [-0.2, -0.15) is 0 Å². The van der Waals surface area contributed by atoms with Crippen LogP contribution in [0.3, 0.4) is 0 Å². The number of benzene rings is 1. The molecule has 0 aliphatic rings. The zero-order valence-electron chi connectivity index (χ0n) is 12.3. The summed E-state index contributed by atoms with van der Waals surface area (Å²) in [6.45, 7) is 2.54. The summed E-state index contributed by atoms with van der Waals surface area (Å²) < 4.78 is 1.83. The van der Waals surface area contributed by atoms with Crippen LogP contribution in [-0.4, -0.2) is 20.4 Å². The maximum atomic E-state index is 12.6. The lowest BCUT2D eigenvalue weighted by molar-refractivity contribution is 0.102. The van der Waals surface area contributed by atoms with Crippen LogP contribution < -0.4 is 10.7 Å². The molecule has 6 nitrogen and oxygen atoms in total. The fourth-order valence-corrected chi connectivity index (χ4v) is 2.50. The van der Waals surface area contributed by atoms with Crippen molar-refractivity contribution in [1.29, 1.82) is 0 Å². The second-order valence-corrected chi connectivity index (χ2v) is 5.28. The van der Waals surface area contributed by atoms with E-state index >= 15 is 0 Å². The van der Waals surface area contributed by atoms with E-state index in [1.807, 2.05) is 11.5 Å². The number of carbonyl (C=O) groups is 1. The van der Waals surface area contributed by atoms with Gasteiger partial charge < -0.3 is 4.57 Å². The zero-order chi connectivity index (χ0) is 16.4. The van der Waals surface area contributed by atoms with Crippen molar-refractivity contribution in [3.63, 3.8) is 0 Å². The minimum Gasteiger partial charge on any atom is -0.347 e. The first-order chi connectivity index (χ1) is 11.1. The van der Waals surface area contributed by atoms with Gasteiger partial charge in [0, 0.05) is 35.5 Å². The summed E-state index contributed by atoms with van der Waals surface area (Å²) in [6, 6.07) is 6.69. The van der Waals surface area contributed by atoms with Crippen LogP contribution in [0.1, 0.15) is 17.3 Å². The molecule has 23 heavy (non-hydrogen) atoms. The standard InChI is InChI=1S/C16H13ClN4O2/c1-2-21-9-12(15(23)20-16-18-6-3-7-19-16)14(22)11-8-10(17)4-5-13(11)21/h3-9H,2H2,1H3,(H,18,19,20,23). The van der Waals surface area contributed by atoms with Gasteiger partial charge in [-0.1, -0.05) is 11.6 Å². The number of hydrogen-bond acceptors (Lipinski definition) is 4. The Hall–Kier alpha value is -2.73. The molecular weight excluding hydrogens is 316 g/mol. The van der Waals surface area contributed by atoms with Crippen LogP contribution in [0.25, 0.3) is 10.9 Å². The fraction of sp³-hybridized carbons (Fsp3) is 0.125. The molecule has 0 fully saturated rings. The van der Waals surface area contributed by atoms with E-state index in [1.54, 1.807) is 24.3 Å². The van der Waals surface area contributed by atoms with E-state index in [2.05, 4.69) is 15.3 Å². The first-order valence-electron chi connectivity index (χ1n) is 7.01. The Morgan fingerprint density at radius 1 is 1.30 bits per heavy atom. The molecule has 0 spiro atoms. The number of rotatable bonds is 3. The van der Waals surface area contributed by atoms with Crippen molar-refractivity contribution in [1.82, 2.24) is 14.5 Å². The third-order valence-corrected chi connectivity index (χ3v) is 3.65. The second-order valence-electron chi connectivity index (χ2n) is 4.85. The highest BCUT2D eigenvalue weighted by Crippen LogP contribution is 2.18. The average Bonchev–Trinajstić information content (AvgIpc) is 2.56. The highest BCUT2D eigenvalue weighted by Gasteiger charge is 2.16. The molecule has 7 heteroatoms. The molecule has 1 aromatic carbocycles. The second kappa shape index (κ2) is 6.18. The number of amides is 1. The van der Waals surface area contributed by atoms with Gasteiger partial charge in [-0.15, -0.1) is 0 Å². The molecule has 0 saturated carbocycles. The minimum atomic E-state index is -0.551. The molecule has 0 aliphatic carbocycles. The molecule has 3 aromatic rings. The predicted molar refractivity (Wildman–Crippen MR) is 88.9 cm³/mol. The van der Waals surface area contributed by atoms with Crippen LogP contribution in [0.4, 0.5) is 5.95 Å². The molecule has 0 atom stereocenters. The number of aryl methyl sites for hydroxylation is 1. The van der Waals surface area contributed by atoms with Crippen LogP contribution in [0.5, 0.6) is 0 Å². The number of anilines is 1. The quantitative estimate of drug-likeness (QED) is 0.802. The maximum absolute atomic E-state index is 12.6. The van der Waals surface area contributed by atoms with Gasteiger partial charge >= 0.3 is 0 Å². The van der Waals surface area contributed by atoms with Gasteiger partial charge in [-0.05, 0) is 31.2 Å². The largest absolute Gasteiger partial charge is 0.347 e. The van der Waals surface area contributed by atoms with Crippen molar-refractivity contribution in [2.24, 2.45) is 0 Å². The lowest BCUT2D eigenvalue weighted by atomic mass is 10.1. The Bertz CT molecular complexity index is 938. The van der Waals surface area contributed by atoms with E-state index in [0.29, 0.717) is 17.0 Å². The third kappa shape index (κ3) is 2.93. The Labute approximate surface area is 136 Å². The molecule has 2 heterocycles. The average molecular weight is 329 g/mol. The first kappa shape index (κ1) is 15.2. The van der Waals surface area contributed by atoms with Gasteiger partial charge in [-0.25, -0.2) is 9.97 Å². The summed E-state index contributed by atoms with van der Waals surface area (Å²) in [4.78, 5) is 32.8. The van der Waals surface area contributed by atoms with Gasteiger partial charge in [-0.3, -0.25) is 14.9 Å². The van der Waals surface area contributed by atoms with Gasteiger partial charge in [0.15, 0.2) is 0 Å². The Balaban J connectivity index is 2.12. The lowest BCUT2D eigenvalue weighted by Gasteiger charge is -2.11. The van der Waals surface area contributed by atoms with Gasteiger partial charge in [0.1, 0.15) is 5.56 Å². The normalized spacial score (nSPS) is 10.7. The van der Waals surface area contributed by atoms with E-state index in [9.17, 15) is 9.59 Å². The maximum Gasteiger partial charge on any atom is 0.263 e. The monoisotopic (exact) mass is 328 g/mol. The summed E-state index contributed by atoms with van der Waals surface area (Å²) in [5.74, 6) is -0.406. The number of nitrogens with zero attached hydrogens (tertiary/aromatic N) is 3. The first-order valence-corrected chi connectivity index (χ1v) is 7.39. The highest BCUT2D eigenvalue weighted by molar-refractivity contribution is 6.31. The minimum absolute atomic E-state index is 0.0223. The number of hydrogen-bond donors (Lipinski definition) is 1. The van der Waals surface area contributed by atoms with E-state index in [1.165, 1.54) is 18.6 Å². The van der Waals surface area contributed by atoms with Gasteiger partial charge in [0.05, 0.1) is 5.52 Å². The van der Waals surface area contributed by atoms with E-state index in [0.717, 1.165) is 5.52 Å². The van der Waals surface area contributed by atoms with Crippen molar-refractivity contribution in [2.45, 2.75) is 13.5 Å². The summed E-state index contributed by atoms with van der Waals surface area (Å²) in [6.07, 6.45) is 4.55. The molecule has 116 valence electrons. The number of fused-ring (bicyclic) bond motifs is 1. The van der Waals surface area contributed by atoms with Gasteiger partial charge in [0.25, 0.3) is 5.91 Å². The van der Waals surface area contributed by atoms with Crippen molar-refractivity contribution >= 4 is 34.4 Å². The van der Waals surface area contributed by atoms with Crippen molar-refractivity contribution in [3.05, 3.63) is 63.7 Å². The zero-order valence-corrected chi connectivity index (χ0v) is 13.0. The SMILES string of the molecule is CCn1cc(C(=O)Nc2ncccn2)c(=O)c2cc(Cl)ccc21. The van der Waals surface area contributed by atoms with E-state index in [-0.39, 0.29) is 16.9 Å². The summed E-state index contributed by atoms with van der Waals surface area (Å²) in [5, 5.41) is 3.37. The van der Waals surface area contributed by atoms with Crippen LogP contribution in [0.2, 0.25) is 5.02 Å². The molecule has 2 aromatic heterocycles. The van der Waals surface area contributed by atoms with E-state index < -0.39 is 5.91 Å². The molecule has 3 rings (SSSR count). The summed E-state index contributed by atoms with van der Waals surface area (Å²) >= 11 is 5.98. The predicted octanol–water partition coefficient (Wildman–Crippen LogP) is 2.72. The summed E-state index contributed by atoms with van der Waals surface area (Å²) in [5.41, 5.74) is 0.379. The number of nitrogens with one attached hydrogen (secondary N) is 1. The van der Waals surface area contributed by atoms with Crippen LogP contribution >= 0.6 is 11.6 Å². The Morgan fingerprint density at radius 3 is 2.74 bits per heavy atom. The van der Waals surface area contributed by atoms with Crippen molar-refractivity contribution < 1.29 is 4.79 Å². The van der Waals surface area contributed by atoms with Crippen LogP contribution in [-0.2, 0) is 6.54 Å². The Morgan fingerprint density at radius 2 is 2.04 bits per heavy atom. The number of carbonyl (C=O) groups excluding carboxylic acids is 1. The number of halogens is 1. The lowest BCUT2D eigenvalue weighted by Crippen LogP contribution is -2.24. The third-order valence-electron chi connectivity index (χ3n) is 3.42. The molecule has 0 aliphatic heterocycles. The van der Waals surface area contributed by atoms with Gasteiger partial charge in [0.2, 0.25) is 11.4 Å². The van der Waals surface area contributed by atoms with Crippen molar-refractivity contribution in [2.75, 3.05) is 5.32 Å². The topological polar surface area (TPSA) is 76.9 Å². The van der Waals surface area contributed by atoms with Crippen LogP contribution in [0.15, 0.2) is 47.7 Å². The molecular formula is C16H13ClN4O2. The van der Waals surface area contributed by atoms with Crippen molar-refractivity contribution in [3.8, 4) is 0 Å². The molecule has 0 unspecified atom stereocenters. The molecule has 0 radical (unpaired) electrons. The fourth-order valence-electron chi connectivity index (χ4n) is 2.33. The van der Waals surface area contributed by atoms with E-state index in [4.69, 9.17) is 11.6 Å². The summed E-state index contributed by atoms with van der Waals surface area (Å²) in [7, 11) is 0. The molecule has 1 N–H and O–H groups in total. The molecule has 0 saturated heterocycles. The number of pyridine rings is 1. The molecule has 1 amide bonds. The number of aromatic nitrogens is 3. The van der Waals surface area contributed by atoms with Crippen LogP contribution in [0, 0.1) is 0 Å². The Kier molecular flexibility index (Phi) is 4.08. The highest BCUT2D eigenvalue weighted by atomic mass is 35.5. The smallest absolute Gasteiger partial charge is 0.263 e.